The van der Waals surface area contributed by atoms with Gasteiger partial charge in [-0.2, -0.15) is 11.1 Å². The Morgan fingerprint density at radius 1 is 1.00 bits per heavy atom. The third-order valence-electron chi connectivity index (χ3n) is 3.97. The van der Waals surface area contributed by atoms with Crippen molar-refractivity contribution in [2.24, 2.45) is 5.92 Å². The fraction of sp³-hybridized carbons (Fsp3) is 0.524. The van der Waals surface area contributed by atoms with E-state index in [1.807, 2.05) is 24.3 Å². The summed E-state index contributed by atoms with van der Waals surface area (Å²) in [5.74, 6) is 0.560. The molecule has 1 atom stereocenters. The second-order valence-corrected chi connectivity index (χ2v) is 8.09. The molecule has 1 nitrogen and oxygen atoms in total. The molecule has 0 saturated heterocycles. The van der Waals surface area contributed by atoms with Gasteiger partial charge in [0.15, 0.2) is 0 Å². The molecular formula is C21H33Cl2HfNSi. The first-order valence-corrected chi connectivity index (χ1v) is 10.2. The molecule has 0 spiro atoms. The maximum Gasteiger partial charge on any atom is 4.00 e. The van der Waals surface area contributed by atoms with Gasteiger partial charge in [0, 0.05) is 9.52 Å². The van der Waals surface area contributed by atoms with Crippen LogP contribution in [0.4, 0.5) is 5.69 Å². The molecule has 1 N–H and O–H groups in total. The van der Waals surface area contributed by atoms with Crippen LogP contribution in [0.1, 0.15) is 54.0 Å². The predicted octanol–water partition coefficient (Wildman–Crippen LogP) is 1.18. The molecule has 1 unspecified atom stereocenters. The molecule has 0 heterocycles. The maximum atomic E-state index is 7.63. The average molecular weight is 577 g/mol. The van der Waals surface area contributed by atoms with Gasteiger partial charge in [-0.3, -0.25) is 6.08 Å². The van der Waals surface area contributed by atoms with Gasteiger partial charge in [-0.15, -0.1) is 12.6 Å². The van der Waals surface area contributed by atoms with Crippen molar-refractivity contribution < 1.29 is 50.7 Å². The summed E-state index contributed by atoms with van der Waals surface area (Å²) in [5.41, 5.74) is 13.7. The van der Waals surface area contributed by atoms with Gasteiger partial charge in [0.25, 0.3) is 0 Å². The van der Waals surface area contributed by atoms with E-state index in [0.717, 1.165) is 15.1 Å². The number of halogens is 2. The Morgan fingerprint density at radius 3 is 1.62 bits per heavy atom. The monoisotopic (exact) mass is 577 g/mol. The maximum absolute atomic E-state index is 7.63. The van der Waals surface area contributed by atoms with Gasteiger partial charge < -0.3 is 30.5 Å². The molecule has 1 aliphatic carbocycles. The summed E-state index contributed by atoms with van der Waals surface area (Å²) in [6.07, 6.45) is 3.36. The molecule has 0 aliphatic heterocycles. The van der Waals surface area contributed by atoms with Crippen molar-refractivity contribution in [1.29, 1.82) is 0 Å². The van der Waals surface area contributed by atoms with Crippen molar-refractivity contribution in [3.63, 3.8) is 0 Å². The minimum Gasteiger partial charge on any atom is -1.00 e. The predicted molar refractivity (Wildman–Crippen MR) is 107 cm³/mol. The fourth-order valence-corrected chi connectivity index (χ4v) is 2.30. The third-order valence-corrected chi connectivity index (χ3v) is 3.97. The first-order chi connectivity index (χ1) is 10.6. The standard InChI is InChI=1S/C10H14N.C9H13.C2H6Si.2ClH.Hf/c1-10(2,3)8-6-4-5-7-9(8)11;1-6-5-7(2)9(4)8(6)3;1-3-2;;;/h4-7,11H,1-3H3;6H,1-4H3;1-2H3;2*1H;/q2*-1;;;;+4/p-2. The van der Waals surface area contributed by atoms with Gasteiger partial charge in [-0.05, 0) is 5.41 Å². The second-order valence-electron chi connectivity index (χ2n) is 7.09. The molecule has 2 radical (unpaired) electrons. The zero-order valence-electron chi connectivity index (χ0n) is 17.6. The zero-order valence-corrected chi connectivity index (χ0v) is 23.7. The van der Waals surface area contributed by atoms with Gasteiger partial charge in [-0.25, -0.2) is 5.57 Å². The summed E-state index contributed by atoms with van der Waals surface area (Å²) in [7, 11) is 1.08. The van der Waals surface area contributed by atoms with E-state index in [2.05, 4.69) is 67.6 Å². The molecule has 0 bridgehead atoms. The zero-order chi connectivity index (χ0) is 18.2. The van der Waals surface area contributed by atoms with Crippen LogP contribution in [0, 0.1) is 12.0 Å². The summed E-state index contributed by atoms with van der Waals surface area (Å²) in [6.45, 7) is 19.4. The van der Waals surface area contributed by atoms with Crippen LogP contribution in [0.5, 0.6) is 0 Å². The molecule has 0 fully saturated rings. The van der Waals surface area contributed by atoms with Crippen LogP contribution in [0.15, 0.2) is 41.0 Å². The van der Waals surface area contributed by atoms with Crippen LogP contribution in [0.3, 0.4) is 0 Å². The summed E-state index contributed by atoms with van der Waals surface area (Å²) in [4.78, 5) is 0. The van der Waals surface area contributed by atoms with Crippen molar-refractivity contribution in [2.45, 2.75) is 67.0 Å². The Bertz CT molecular complexity index is 563. The van der Waals surface area contributed by atoms with E-state index >= 15 is 0 Å². The van der Waals surface area contributed by atoms with Crippen LogP contribution < -0.4 is 24.8 Å². The van der Waals surface area contributed by atoms with Crippen LogP contribution >= 0.6 is 0 Å². The minimum absolute atomic E-state index is 0. The van der Waals surface area contributed by atoms with Gasteiger partial charge in [0.05, 0.1) is 0 Å². The third kappa shape index (κ3) is 11.8. The van der Waals surface area contributed by atoms with Crippen LogP contribution in [-0.4, -0.2) is 9.52 Å². The number of hydrogen-bond acceptors (Lipinski definition) is 0. The Labute approximate surface area is 196 Å². The van der Waals surface area contributed by atoms with Gasteiger partial charge >= 0.3 is 25.8 Å². The number of allylic oxidation sites excluding steroid dienone is 4. The molecule has 26 heavy (non-hydrogen) atoms. The van der Waals surface area contributed by atoms with Crippen LogP contribution in [-0.2, 0) is 31.3 Å². The van der Waals surface area contributed by atoms with E-state index in [4.69, 9.17) is 5.73 Å². The van der Waals surface area contributed by atoms with E-state index in [1.165, 1.54) is 16.7 Å². The second kappa shape index (κ2) is 16.2. The van der Waals surface area contributed by atoms with E-state index in [9.17, 15) is 0 Å². The Balaban J connectivity index is -0.000000148. The number of hydrogen-bond donors (Lipinski definition) is 0. The van der Waals surface area contributed by atoms with Crippen molar-refractivity contribution in [3.05, 3.63) is 58.4 Å². The molecule has 2 rings (SSSR count). The molecule has 1 aromatic rings. The first kappa shape index (κ1) is 33.7. The topological polar surface area (TPSA) is 23.8 Å². The summed E-state index contributed by atoms with van der Waals surface area (Å²) >= 11 is 0. The van der Waals surface area contributed by atoms with Crippen molar-refractivity contribution >= 4 is 15.2 Å². The van der Waals surface area contributed by atoms with E-state index in [-0.39, 0.29) is 56.1 Å². The van der Waals surface area contributed by atoms with E-state index < -0.39 is 0 Å². The van der Waals surface area contributed by atoms with Crippen LogP contribution in [0.2, 0.25) is 13.1 Å². The number of rotatable bonds is 0. The number of nitrogens with one attached hydrogen (secondary N) is 1. The molecule has 1 aliphatic rings. The van der Waals surface area contributed by atoms with Crippen molar-refractivity contribution in [2.75, 3.05) is 0 Å². The normalized spacial score (nSPS) is 15.0. The molecular weight excluding hydrogens is 544 g/mol. The molecule has 5 heteroatoms. The Kier molecular flexibility index (Phi) is 21.0. The summed E-state index contributed by atoms with van der Waals surface area (Å²) < 4.78 is 0. The Hall–Kier alpha value is 0.167. The summed E-state index contributed by atoms with van der Waals surface area (Å²) in [5, 5.41) is 0. The SMILES string of the molecule is CC(C)(C)c1ccccc1[NH-].CC1=[C-]C(C)C(C)=C1C.C[Si]C.[Cl-].[Cl-].[Hf+4]. The van der Waals surface area contributed by atoms with Gasteiger partial charge in [-0.1, -0.05) is 90.4 Å². The first-order valence-electron chi connectivity index (χ1n) is 8.23. The van der Waals surface area contributed by atoms with E-state index in [0.29, 0.717) is 11.6 Å². The molecule has 144 valence electrons. The number of benzene rings is 1. The van der Waals surface area contributed by atoms with Crippen molar-refractivity contribution in [1.82, 2.24) is 0 Å². The average Bonchev–Trinajstić information content (AvgIpc) is 2.66. The summed E-state index contributed by atoms with van der Waals surface area (Å²) in [6, 6.07) is 7.74. The van der Waals surface area contributed by atoms with E-state index in [1.54, 1.807) is 0 Å². The van der Waals surface area contributed by atoms with Gasteiger partial charge in [0.1, 0.15) is 0 Å². The largest absolute Gasteiger partial charge is 4.00 e. The quantitative estimate of drug-likeness (QED) is 0.327. The Morgan fingerprint density at radius 2 is 1.42 bits per heavy atom. The van der Waals surface area contributed by atoms with Gasteiger partial charge in [0.2, 0.25) is 0 Å². The molecule has 1 aromatic carbocycles. The minimum atomic E-state index is 0. The molecule has 0 saturated carbocycles. The van der Waals surface area contributed by atoms with Crippen LogP contribution in [0.25, 0.3) is 5.73 Å². The molecule has 0 aromatic heterocycles. The fourth-order valence-electron chi connectivity index (χ4n) is 2.30. The smallest absolute Gasteiger partial charge is 1.00 e. The molecule has 0 amide bonds. The van der Waals surface area contributed by atoms with Crippen molar-refractivity contribution in [3.8, 4) is 0 Å².